The molecular weight excluding hydrogens is 316 g/mol. The molecule has 0 fully saturated rings. The first-order valence-corrected chi connectivity index (χ1v) is 9.90. The van der Waals surface area contributed by atoms with Gasteiger partial charge >= 0.3 is 0 Å². The molecule has 0 bridgehead atoms. The Kier molecular flexibility index (Phi) is 5.41. The van der Waals surface area contributed by atoms with Crippen LogP contribution in [0, 0.1) is 20.8 Å². The number of aryl methyl sites for hydroxylation is 3. The van der Waals surface area contributed by atoms with Gasteiger partial charge < -0.3 is 9.47 Å². The molecule has 0 saturated heterocycles. The first-order valence-electron chi connectivity index (χ1n) is 9.90. The molecule has 0 spiro atoms. The van der Waals surface area contributed by atoms with Crippen LogP contribution in [0.5, 0.6) is 0 Å². The minimum absolute atomic E-state index is 1.10. The summed E-state index contributed by atoms with van der Waals surface area (Å²) in [5, 5.41) is 2.73. The second-order valence-corrected chi connectivity index (χ2v) is 7.54. The maximum Gasteiger partial charge on any atom is 0.116 e. The molecule has 0 amide bonds. The van der Waals surface area contributed by atoms with E-state index in [0.29, 0.717) is 0 Å². The molecular formula is C24H32N2. The van der Waals surface area contributed by atoms with Gasteiger partial charge in [-0.05, 0) is 44.7 Å². The Balaban J connectivity index is 2.33. The summed E-state index contributed by atoms with van der Waals surface area (Å²) in [5.74, 6) is 1.36. The molecule has 2 aromatic carbocycles. The number of nitrogens with zero attached hydrogens (tertiary/aromatic N) is 2. The summed E-state index contributed by atoms with van der Waals surface area (Å²) in [6, 6.07) is 13.5. The minimum Gasteiger partial charge on any atom is -0.358 e. The van der Waals surface area contributed by atoms with E-state index < -0.39 is 0 Å². The van der Waals surface area contributed by atoms with Crippen LogP contribution in [0.2, 0.25) is 0 Å². The van der Waals surface area contributed by atoms with E-state index in [-0.39, 0.29) is 0 Å². The van der Waals surface area contributed by atoms with E-state index in [9.17, 15) is 0 Å². The van der Waals surface area contributed by atoms with Crippen LogP contribution in [-0.4, -0.2) is 17.7 Å². The summed E-state index contributed by atoms with van der Waals surface area (Å²) in [7, 11) is 2.24. The first-order chi connectivity index (χ1) is 12.5. The summed E-state index contributed by atoms with van der Waals surface area (Å²) in [5.41, 5.74) is 6.79. The average molecular weight is 349 g/mol. The predicted molar refractivity (Wildman–Crippen MR) is 115 cm³/mol. The van der Waals surface area contributed by atoms with Gasteiger partial charge in [0.15, 0.2) is 0 Å². The van der Waals surface area contributed by atoms with Crippen molar-refractivity contribution in [1.29, 1.82) is 0 Å². The van der Waals surface area contributed by atoms with Gasteiger partial charge in [-0.25, -0.2) is 0 Å². The fourth-order valence-electron chi connectivity index (χ4n) is 4.45. The van der Waals surface area contributed by atoms with E-state index in [1.54, 1.807) is 0 Å². The molecule has 1 heterocycles. The zero-order valence-electron chi connectivity index (χ0n) is 17.2. The highest BCUT2D eigenvalue weighted by atomic mass is 15.2. The van der Waals surface area contributed by atoms with Crippen molar-refractivity contribution >= 4 is 16.6 Å². The minimum atomic E-state index is 1.10. The van der Waals surface area contributed by atoms with E-state index in [1.807, 2.05) is 0 Å². The molecule has 3 aromatic rings. The summed E-state index contributed by atoms with van der Waals surface area (Å²) in [6.45, 7) is 13.4. The van der Waals surface area contributed by atoms with Gasteiger partial charge in [-0.2, -0.15) is 0 Å². The zero-order chi connectivity index (χ0) is 18.8. The smallest absolute Gasteiger partial charge is 0.116 e. The number of rotatable bonds is 6. The third kappa shape index (κ3) is 3.13. The lowest BCUT2D eigenvalue weighted by atomic mass is 9.95. The van der Waals surface area contributed by atoms with Crippen molar-refractivity contribution in [3.8, 4) is 11.3 Å². The van der Waals surface area contributed by atoms with Crippen molar-refractivity contribution in [2.24, 2.45) is 7.05 Å². The van der Waals surface area contributed by atoms with E-state index in [0.717, 1.165) is 25.9 Å². The van der Waals surface area contributed by atoms with Crippen LogP contribution >= 0.6 is 0 Å². The fraction of sp³-hybridized carbons (Fsp3) is 0.417. The van der Waals surface area contributed by atoms with Gasteiger partial charge in [-0.1, -0.05) is 55.8 Å². The Morgan fingerprint density at radius 2 is 1.38 bits per heavy atom. The normalized spacial score (nSPS) is 11.3. The van der Waals surface area contributed by atoms with Gasteiger partial charge in [0, 0.05) is 36.5 Å². The zero-order valence-corrected chi connectivity index (χ0v) is 17.2. The molecule has 0 unspecified atom stereocenters. The van der Waals surface area contributed by atoms with Gasteiger partial charge in [0.1, 0.15) is 5.82 Å². The van der Waals surface area contributed by atoms with Crippen molar-refractivity contribution in [1.82, 2.24) is 4.57 Å². The molecule has 0 aliphatic rings. The van der Waals surface area contributed by atoms with Gasteiger partial charge in [-0.3, -0.25) is 0 Å². The fourth-order valence-corrected chi connectivity index (χ4v) is 4.45. The molecule has 0 aliphatic carbocycles. The molecule has 2 heteroatoms. The van der Waals surface area contributed by atoms with Crippen molar-refractivity contribution in [3.63, 3.8) is 0 Å². The van der Waals surface area contributed by atoms with E-state index in [2.05, 4.69) is 87.5 Å². The maximum atomic E-state index is 2.56. The van der Waals surface area contributed by atoms with E-state index in [1.165, 1.54) is 44.5 Å². The summed E-state index contributed by atoms with van der Waals surface area (Å²) >= 11 is 0. The van der Waals surface area contributed by atoms with Crippen LogP contribution < -0.4 is 4.90 Å². The molecule has 0 atom stereocenters. The maximum absolute atomic E-state index is 2.56. The highest BCUT2D eigenvalue weighted by Crippen LogP contribution is 2.40. The summed E-state index contributed by atoms with van der Waals surface area (Å²) in [6.07, 6.45) is 2.33. The molecule has 1 aromatic heterocycles. The van der Waals surface area contributed by atoms with Gasteiger partial charge in [0.25, 0.3) is 0 Å². The number of fused-ring (bicyclic) bond motifs is 1. The molecule has 2 nitrogen and oxygen atoms in total. The van der Waals surface area contributed by atoms with Crippen molar-refractivity contribution < 1.29 is 0 Å². The van der Waals surface area contributed by atoms with Crippen LogP contribution in [0.25, 0.3) is 22.0 Å². The third-order valence-corrected chi connectivity index (χ3v) is 5.28. The molecule has 0 radical (unpaired) electrons. The standard InChI is InChI=1S/C24H32N2/c1-7-13-26(14-8-2)24-21-12-10-9-11-20(21)23(25(24)6)22-18(4)15-17(3)16-19(22)5/h9-12,15-16H,7-8,13-14H2,1-6H3. The molecule has 0 saturated carbocycles. The van der Waals surface area contributed by atoms with E-state index >= 15 is 0 Å². The van der Waals surface area contributed by atoms with Gasteiger partial charge in [0.05, 0.1) is 5.69 Å². The average Bonchev–Trinajstić information content (AvgIpc) is 2.86. The predicted octanol–water partition coefficient (Wildman–Crippen LogP) is 6.40. The lowest BCUT2D eigenvalue weighted by Crippen LogP contribution is -2.27. The van der Waals surface area contributed by atoms with Crippen molar-refractivity contribution in [3.05, 3.63) is 53.1 Å². The number of hydrogen-bond acceptors (Lipinski definition) is 1. The number of hydrogen-bond donors (Lipinski definition) is 0. The van der Waals surface area contributed by atoms with Crippen LogP contribution in [-0.2, 0) is 7.05 Å². The Bertz CT molecular complexity index is 888. The van der Waals surface area contributed by atoms with Crippen LogP contribution in [0.1, 0.15) is 43.4 Å². The van der Waals surface area contributed by atoms with Crippen LogP contribution in [0.4, 0.5) is 5.82 Å². The summed E-state index contributed by atoms with van der Waals surface area (Å²) in [4.78, 5) is 2.56. The molecule has 0 N–H and O–H groups in total. The third-order valence-electron chi connectivity index (χ3n) is 5.28. The second kappa shape index (κ2) is 7.57. The van der Waals surface area contributed by atoms with Gasteiger partial charge in [-0.15, -0.1) is 0 Å². The number of benzene rings is 2. The number of anilines is 1. The van der Waals surface area contributed by atoms with Gasteiger partial charge in [0.2, 0.25) is 0 Å². The first kappa shape index (κ1) is 18.6. The van der Waals surface area contributed by atoms with E-state index in [4.69, 9.17) is 0 Å². The second-order valence-electron chi connectivity index (χ2n) is 7.54. The Labute approximate surface area is 158 Å². The highest BCUT2D eigenvalue weighted by molar-refractivity contribution is 6.05. The SMILES string of the molecule is CCCN(CCC)c1c2ccccc2c(-c2c(C)cc(C)cc2C)n1C. The monoisotopic (exact) mass is 348 g/mol. The van der Waals surface area contributed by atoms with Crippen molar-refractivity contribution in [2.45, 2.75) is 47.5 Å². The Morgan fingerprint density at radius 1 is 0.846 bits per heavy atom. The van der Waals surface area contributed by atoms with Crippen LogP contribution in [0.3, 0.4) is 0 Å². The Morgan fingerprint density at radius 3 is 1.92 bits per heavy atom. The summed E-state index contributed by atoms with van der Waals surface area (Å²) < 4.78 is 2.43. The lowest BCUT2D eigenvalue weighted by Gasteiger charge is -2.25. The van der Waals surface area contributed by atoms with Crippen molar-refractivity contribution in [2.75, 3.05) is 18.0 Å². The molecule has 0 aliphatic heterocycles. The number of aromatic nitrogens is 1. The quantitative estimate of drug-likeness (QED) is 0.500. The molecule has 138 valence electrons. The molecule has 26 heavy (non-hydrogen) atoms. The largest absolute Gasteiger partial charge is 0.358 e. The Hall–Kier alpha value is -2.22. The topological polar surface area (TPSA) is 8.17 Å². The lowest BCUT2D eigenvalue weighted by molar-refractivity contribution is 0.717. The van der Waals surface area contributed by atoms with Crippen LogP contribution in [0.15, 0.2) is 36.4 Å². The molecule has 3 rings (SSSR count). The highest BCUT2D eigenvalue weighted by Gasteiger charge is 2.21.